The summed E-state index contributed by atoms with van der Waals surface area (Å²) in [6, 6.07) is 15.9. The lowest BCUT2D eigenvalue weighted by Crippen LogP contribution is -2.18. The molecule has 0 unspecified atom stereocenters. The summed E-state index contributed by atoms with van der Waals surface area (Å²) < 4.78 is 11.4. The number of ether oxygens (including phenoxy) is 2. The molecule has 0 atom stereocenters. The Kier molecular flexibility index (Phi) is 6.74. The summed E-state index contributed by atoms with van der Waals surface area (Å²) >= 11 is 0. The van der Waals surface area contributed by atoms with Gasteiger partial charge in [0.15, 0.2) is 0 Å². The lowest BCUT2D eigenvalue weighted by molar-refractivity contribution is 0.215. The van der Waals surface area contributed by atoms with E-state index in [0.717, 1.165) is 17.1 Å². The second-order valence-electron chi connectivity index (χ2n) is 5.02. The van der Waals surface area contributed by atoms with Crippen molar-refractivity contribution in [3.8, 4) is 11.5 Å². The molecule has 2 aromatic carbocycles. The zero-order chi connectivity index (χ0) is 15.6. The third kappa shape index (κ3) is 5.39. The Bertz CT molecular complexity index is 555. The minimum atomic E-state index is 0.132. The first-order valence-electron chi connectivity index (χ1n) is 7.51. The zero-order valence-electron chi connectivity index (χ0n) is 12.9. The van der Waals surface area contributed by atoms with Crippen molar-refractivity contribution in [1.29, 1.82) is 0 Å². The molecule has 0 spiro atoms. The van der Waals surface area contributed by atoms with Crippen molar-refractivity contribution >= 4 is 0 Å². The van der Waals surface area contributed by atoms with Gasteiger partial charge in [-0.25, -0.2) is 0 Å². The number of aliphatic hydroxyl groups is 1. The van der Waals surface area contributed by atoms with Gasteiger partial charge in [0, 0.05) is 18.7 Å². The van der Waals surface area contributed by atoms with E-state index < -0.39 is 0 Å². The molecular weight excluding hydrogens is 278 g/mol. The van der Waals surface area contributed by atoms with Gasteiger partial charge in [0.1, 0.15) is 24.7 Å². The van der Waals surface area contributed by atoms with Crippen molar-refractivity contribution in [2.45, 2.75) is 13.5 Å². The highest BCUT2D eigenvalue weighted by atomic mass is 16.5. The summed E-state index contributed by atoms with van der Waals surface area (Å²) in [6.45, 7) is 4.43. The second-order valence-corrected chi connectivity index (χ2v) is 5.02. The van der Waals surface area contributed by atoms with Gasteiger partial charge in [-0.1, -0.05) is 35.9 Å². The number of para-hydroxylation sites is 1. The summed E-state index contributed by atoms with van der Waals surface area (Å²) in [4.78, 5) is 0. The van der Waals surface area contributed by atoms with Gasteiger partial charge in [0.2, 0.25) is 0 Å². The van der Waals surface area contributed by atoms with E-state index in [0.29, 0.717) is 26.3 Å². The van der Waals surface area contributed by atoms with E-state index in [1.54, 1.807) is 0 Å². The number of rotatable bonds is 9. The molecule has 0 aliphatic carbocycles. The van der Waals surface area contributed by atoms with Crippen molar-refractivity contribution < 1.29 is 14.6 Å². The summed E-state index contributed by atoms with van der Waals surface area (Å²) in [5.41, 5.74) is 2.29. The van der Waals surface area contributed by atoms with Crippen molar-refractivity contribution in [3.63, 3.8) is 0 Å². The van der Waals surface area contributed by atoms with E-state index in [2.05, 4.69) is 12.2 Å². The predicted octanol–water partition coefficient (Wildman–Crippen LogP) is 2.53. The maximum atomic E-state index is 8.80. The van der Waals surface area contributed by atoms with E-state index in [1.807, 2.05) is 48.5 Å². The van der Waals surface area contributed by atoms with Crippen molar-refractivity contribution in [2.75, 3.05) is 26.4 Å². The van der Waals surface area contributed by atoms with Crippen LogP contribution in [0.1, 0.15) is 11.1 Å². The van der Waals surface area contributed by atoms with Crippen LogP contribution in [0, 0.1) is 6.92 Å². The maximum Gasteiger partial charge on any atom is 0.123 e. The monoisotopic (exact) mass is 301 g/mol. The zero-order valence-corrected chi connectivity index (χ0v) is 12.9. The third-order valence-electron chi connectivity index (χ3n) is 3.21. The Morgan fingerprint density at radius 1 is 0.955 bits per heavy atom. The van der Waals surface area contributed by atoms with Crippen LogP contribution in [-0.2, 0) is 6.54 Å². The molecule has 0 saturated carbocycles. The first-order chi connectivity index (χ1) is 10.8. The molecule has 2 N–H and O–H groups in total. The number of aliphatic hydroxyl groups excluding tert-OH is 1. The van der Waals surface area contributed by atoms with Gasteiger partial charge in [0.25, 0.3) is 0 Å². The Morgan fingerprint density at radius 3 is 2.45 bits per heavy atom. The van der Waals surface area contributed by atoms with E-state index >= 15 is 0 Å². The minimum Gasteiger partial charge on any atom is -0.490 e. The molecule has 0 aliphatic heterocycles. The molecule has 0 radical (unpaired) electrons. The highest BCUT2D eigenvalue weighted by Crippen LogP contribution is 2.18. The largest absolute Gasteiger partial charge is 0.490 e. The Balaban J connectivity index is 1.77. The smallest absolute Gasteiger partial charge is 0.123 e. The lowest BCUT2D eigenvalue weighted by atomic mass is 10.2. The molecule has 2 rings (SSSR count). The quantitative estimate of drug-likeness (QED) is 0.699. The number of aryl methyl sites for hydroxylation is 1. The third-order valence-corrected chi connectivity index (χ3v) is 3.21. The molecular formula is C18H23NO3. The van der Waals surface area contributed by atoms with Crippen molar-refractivity contribution in [1.82, 2.24) is 5.32 Å². The van der Waals surface area contributed by atoms with Gasteiger partial charge < -0.3 is 19.9 Å². The molecule has 4 nitrogen and oxygen atoms in total. The van der Waals surface area contributed by atoms with Crippen LogP contribution in [0.25, 0.3) is 0 Å². The van der Waals surface area contributed by atoms with Crippen LogP contribution in [0.2, 0.25) is 0 Å². The fraction of sp³-hybridized carbons (Fsp3) is 0.333. The van der Waals surface area contributed by atoms with Crippen LogP contribution in [0.5, 0.6) is 11.5 Å². The molecule has 0 heterocycles. The number of hydrogen-bond donors (Lipinski definition) is 2. The normalized spacial score (nSPS) is 10.5. The van der Waals surface area contributed by atoms with Gasteiger partial charge in [-0.3, -0.25) is 0 Å². The van der Waals surface area contributed by atoms with Gasteiger partial charge in [-0.05, 0) is 25.1 Å². The first kappa shape index (κ1) is 16.3. The lowest BCUT2D eigenvalue weighted by Gasteiger charge is -2.12. The highest BCUT2D eigenvalue weighted by molar-refractivity contribution is 5.33. The van der Waals surface area contributed by atoms with Crippen molar-refractivity contribution in [2.24, 2.45) is 0 Å². The standard InChI is InChI=1S/C18H23NO3/c1-15-6-8-17(9-7-15)21-12-13-22-18-5-3-2-4-16(18)14-19-10-11-20/h2-9,19-20H,10-14H2,1H3. The van der Waals surface area contributed by atoms with Gasteiger partial charge in [0.05, 0.1) is 6.61 Å². The number of hydrogen-bond acceptors (Lipinski definition) is 4. The molecule has 2 aromatic rings. The Labute approximate surface area is 131 Å². The summed E-state index contributed by atoms with van der Waals surface area (Å²) in [7, 11) is 0. The van der Waals surface area contributed by atoms with Gasteiger partial charge in [-0.15, -0.1) is 0 Å². The average Bonchev–Trinajstić information content (AvgIpc) is 2.55. The maximum absolute atomic E-state index is 8.80. The SMILES string of the molecule is Cc1ccc(OCCOc2ccccc2CNCCO)cc1. The molecule has 0 saturated heterocycles. The van der Waals surface area contributed by atoms with E-state index in [1.165, 1.54) is 5.56 Å². The van der Waals surface area contributed by atoms with E-state index in [4.69, 9.17) is 14.6 Å². The Hall–Kier alpha value is -2.04. The van der Waals surface area contributed by atoms with Gasteiger partial charge >= 0.3 is 0 Å². The van der Waals surface area contributed by atoms with Crippen LogP contribution < -0.4 is 14.8 Å². The second kappa shape index (κ2) is 9.07. The fourth-order valence-electron chi connectivity index (χ4n) is 2.04. The molecule has 0 bridgehead atoms. The fourth-order valence-corrected chi connectivity index (χ4v) is 2.04. The molecule has 4 heteroatoms. The van der Waals surface area contributed by atoms with Crippen LogP contribution >= 0.6 is 0 Å². The van der Waals surface area contributed by atoms with Crippen LogP contribution in [0.3, 0.4) is 0 Å². The van der Waals surface area contributed by atoms with Crippen LogP contribution in [0.4, 0.5) is 0 Å². The molecule has 118 valence electrons. The topological polar surface area (TPSA) is 50.7 Å². The minimum absolute atomic E-state index is 0.132. The summed E-state index contributed by atoms with van der Waals surface area (Å²) in [6.07, 6.45) is 0. The molecule has 0 amide bonds. The first-order valence-corrected chi connectivity index (χ1v) is 7.51. The Morgan fingerprint density at radius 2 is 1.68 bits per heavy atom. The molecule has 0 fully saturated rings. The van der Waals surface area contributed by atoms with E-state index in [9.17, 15) is 0 Å². The summed E-state index contributed by atoms with van der Waals surface area (Å²) in [5.74, 6) is 1.70. The van der Waals surface area contributed by atoms with E-state index in [-0.39, 0.29) is 6.61 Å². The number of benzene rings is 2. The number of nitrogens with one attached hydrogen (secondary N) is 1. The molecule has 22 heavy (non-hydrogen) atoms. The highest BCUT2D eigenvalue weighted by Gasteiger charge is 2.02. The van der Waals surface area contributed by atoms with Gasteiger partial charge in [-0.2, -0.15) is 0 Å². The summed E-state index contributed by atoms with van der Waals surface area (Å²) in [5, 5.41) is 12.0. The molecule has 0 aromatic heterocycles. The van der Waals surface area contributed by atoms with Crippen molar-refractivity contribution in [3.05, 3.63) is 59.7 Å². The predicted molar refractivity (Wildman–Crippen MR) is 87.4 cm³/mol. The van der Waals surface area contributed by atoms with Crippen LogP contribution in [-0.4, -0.2) is 31.5 Å². The average molecular weight is 301 g/mol. The molecule has 0 aliphatic rings. The van der Waals surface area contributed by atoms with Crippen LogP contribution in [0.15, 0.2) is 48.5 Å².